The first-order valence-corrected chi connectivity index (χ1v) is 8.12. The second-order valence-electron chi connectivity index (χ2n) is 4.11. The summed E-state index contributed by atoms with van der Waals surface area (Å²) in [7, 11) is 1.77. The first-order valence-electron chi connectivity index (χ1n) is 5.37. The van der Waals surface area contributed by atoms with Crippen LogP contribution in [0.4, 0.5) is 10.1 Å². The summed E-state index contributed by atoms with van der Waals surface area (Å²) in [6.45, 7) is 0.800. The molecule has 0 bridgehead atoms. The molecule has 1 aliphatic heterocycles. The van der Waals surface area contributed by atoms with Crippen molar-refractivity contribution in [1.29, 1.82) is 0 Å². The number of hydrogen-bond acceptors (Lipinski definition) is 4. The van der Waals surface area contributed by atoms with Gasteiger partial charge in [-0.25, -0.2) is 12.8 Å². The van der Waals surface area contributed by atoms with Crippen molar-refractivity contribution in [2.45, 2.75) is 18.1 Å². The Hall–Kier alpha value is -0.590. The highest BCUT2D eigenvalue weighted by Crippen LogP contribution is 2.31. The molecule has 0 unspecified atom stereocenters. The molecule has 1 aromatic heterocycles. The largest absolute Gasteiger partial charge is 0.368 e. The van der Waals surface area contributed by atoms with Crippen LogP contribution in [0.15, 0.2) is 12.4 Å². The molecule has 1 aromatic rings. The van der Waals surface area contributed by atoms with E-state index in [1.165, 1.54) is 6.20 Å². The Morgan fingerprint density at radius 1 is 1.33 bits per heavy atom. The number of anilines is 1. The fourth-order valence-corrected chi connectivity index (χ4v) is 3.64. The zero-order chi connectivity index (χ0) is 13.3. The van der Waals surface area contributed by atoms with Crippen molar-refractivity contribution in [3.63, 3.8) is 0 Å². The molecule has 1 fully saturated rings. The van der Waals surface area contributed by atoms with Gasteiger partial charge in [0.2, 0.25) is 9.05 Å². The van der Waals surface area contributed by atoms with Crippen molar-refractivity contribution < 1.29 is 12.8 Å². The number of pyridine rings is 1. The molecule has 0 saturated carbocycles. The van der Waals surface area contributed by atoms with Crippen molar-refractivity contribution in [1.82, 2.24) is 4.98 Å². The summed E-state index contributed by atoms with van der Waals surface area (Å²) in [5, 5.41) is -0.346. The van der Waals surface area contributed by atoms with Gasteiger partial charge in [-0.15, -0.1) is 0 Å². The molecule has 2 rings (SSSR count). The highest BCUT2D eigenvalue weighted by molar-refractivity contribution is 8.14. The fraction of sp³-hybridized carbons (Fsp3) is 0.500. The van der Waals surface area contributed by atoms with Crippen LogP contribution in [-0.4, -0.2) is 31.7 Å². The zero-order valence-electron chi connectivity index (χ0n) is 9.31. The SMILES string of the molecule is O=S(=O)(Cl)C1CCN(c2c(F)cncc2Cl)CC1. The van der Waals surface area contributed by atoms with Gasteiger partial charge < -0.3 is 4.90 Å². The van der Waals surface area contributed by atoms with Gasteiger partial charge in [-0.05, 0) is 12.8 Å². The standard InChI is InChI=1S/C10H11Cl2FN2O2S/c11-8-5-14-6-9(13)10(8)15-3-1-7(2-4-15)18(12,16)17/h5-7H,1-4H2. The quantitative estimate of drug-likeness (QED) is 0.787. The summed E-state index contributed by atoms with van der Waals surface area (Å²) in [5.74, 6) is -0.505. The van der Waals surface area contributed by atoms with Gasteiger partial charge in [0.1, 0.15) is 0 Å². The van der Waals surface area contributed by atoms with Gasteiger partial charge in [-0.1, -0.05) is 11.6 Å². The van der Waals surface area contributed by atoms with E-state index in [2.05, 4.69) is 4.98 Å². The van der Waals surface area contributed by atoms with Gasteiger partial charge in [0.05, 0.1) is 22.2 Å². The molecule has 0 aliphatic carbocycles. The van der Waals surface area contributed by atoms with Crippen LogP contribution in [0.2, 0.25) is 5.02 Å². The average molecular weight is 313 g/mol. The lowest BCUT2D eigenvalue weighted by molar-refractivity contribution is 0.531. The Kier molecular flexibility index (Phi) is 3.99. The minimum Gasteiger partial charge on any atom is -0.368 e. The summed E-state index contributed by atoms with van der Waals surface area (Å²) in [4.78, 5) is 5.36. The first-order chi connectivity index (χ1) is 8.39. The van der Waals surface area contributed by atoms with Crippen LogP contribution >= 0.6 is 22.3 Å². The number of rotatable bonds is 2. The van der Waals surface area contributed by atoms with Crippen molar-refractivity contribution in [2.75, 3.05) is 18.0 Å². The van der Waals surface area contributed by atoms with Crippen molar-refractivity contribution in [2.24, 2.45) is 0 Å². The Balaban J connectivity index is 2.15. The van der Waals surface area contributed by atoms with E-state index in [0.29, 0.717) is 25.9 Å². The normalized spacial score (nSPS) is 18.1. The van der Waals surface area contributed by atoms with Gasteiger partial charge in [-0.2, -0.15) is 0 Å². The van der Waals surface area contributed by atoms with Gasteiger partial charge >= 0.3 is 0 Å². The molecule has 1 aliphatic rings. The van der Waals surface area contributed by atoms with E-state index >= 15 is 0 Å². The molecular formula is C10H11Cl2FN2O2S. The summed E-state index contributed by atoms with van der Waals surface area (Å²) in [6.07, 6.45) is 3.18. The number of halogens is 3. The predicted molar refractivity (Wildman–Crippen MR) is 69.2 cm³/mol. The lowest BCUT2D eigenvalue weighted by Gasteiger charge is -2.32. The van der Waals surface area contributed by atoms with Crippen LogP contribution < -0.4 is 4.90 Å². The molecule has 2 heterocycles. The molecule has 18 heavy (non-hydrogen) atoms. The number of nitrogens with zero attached hydrogens (tertiary/aromatic N) is 2. The Morgan fingerprint density at radius 3 is 2.44 bits per heavy atom. The Morgan fingerprint density at radius 2 is 1.94 bits per heavy atom. The van der Waals surface area contributed by atoms with Crippen LogP contribution in [0.25, 0.3) is 0 Å². The topological polar surface area (TPSA) is 50.3 Å². The molecule has 0 N–H and O–H groups in total. The molecule has 0 amide bonds. The maximum Gasteiger partial charge on any atom is 0.235 e. The average Bonchev–Trinajstić information content (AvgIpc) is 2.28. The second kappa shape index (κ2) is 5.19. The predicted octanol–water partition coefficient (Wildman–Crippen LogP) is 2.41. The van der Waals surface area contributed by atoms with E-state index < -0.39 is 20.1 Å². The Bertz CT molecular complexity index is 525. The first kappa shape index (κ1) is 13.8. The number of aromatic nitrogens is 1. The summed E-state index contributed by atoms with van der Waals surface area (Å²) in [6, 6.07) is 0. The smallest absolute Gasteiger partial charge is 0.235 e. The lowest BCUT2D eigenvalue weighted by atomic mass is 10.1. The molecule has 0 aromatic carbocycles. The zero-order valence-corrected chi connectivity index (χ0v) is 11.6. The molecule has 100 valence electrons. The molecular weight excluding hydrogens is 302 g/mol. The minimum atomic E-state index is -3.55. The third-order valence-corrected chi connectivity index (χ3v) is 5.28. The van der Waals surface area contributed by atoms with Crippen LogP contribution in [0.1, 0.15) is 12.8 Å². The minimum absolute atomic E-state index is 0.224. The van der Waals surface area contributed by atoms with Gasteiger partial charge in [-0.3, -0.25) is 4.98 Å². The maximum atomic E-state index is 13.6. The van der Waals surface area contributed by atoms with Crippen LogP contribution in [-0.2, 0) is 9.05 Å². The van der Waals surface area contributed by atoms with E-state index in [1.807, 2.05) is 0 Å². The van der Waals surface area contributed by atoms with E-state index in [4.69, 9.17) is 22.3 Å². The third kappa shape index (κ3) is 2.87. The molecule has 0 atom stereocenters. The van der Waals surface area contributed by atoms with Crippen LogP contribution in [0.3, 0.4) is 0 Å². The fourth-order valence-electron chi connectivity index (χ4n) is 2.07. The van der Waals surface area contributed by atoms with Gasteiger partial charge in [0.15, 0.2) is 5.82 Å². The lowest BCUT2D eigenvalue weighted by Crippen LogP contribution is -2.38. The molecule has 1 saturated heterocycles. The summed E-state index contributed by atoms with van der Waals surface area (Å²) >= 11 is 5.90. The highest BCUT2D eigenvalue weighted by Gasteiger charge is 2.30. The van der Waals surface area contributed by atoms with Crippen LogP contribution in [0.5, 0.6) is 0 Å². The molecule has 8 heteroatoms. The third-order valence-electron chi connectivity index (χ3n) is 2.98. The second-order valence-corrected chi connectivity index (χ2v) is 7.43. The van der Waals surface area contributed by atoms with E-state index in [9.17, 15) is 12.8 Å². The molecule has 4 nitrogen and oxygen atoms in total. The molecule has 0 radical (unpaired) electrons. The monoisotopic (exact) mass is 312 g/mol. The maximum absolute atomic E-state index is 13.6. The number of piperidine rings is 1. The van der Waals surface area contributed by atoms with E-state index in [-0.39, 0.29) is 10.7 Å². The van der Waals surface area contributed by atoms with Crippen molar-refractivity contribution >= 4 is 37.0 Å². The number of hydrogen-bond donors (Lipinski definition) is 0. The molecule has 0 spiro atoms. The van der Waals surface area contributed by atoms with E-state index in [1.54, 1.807) is 4.90 Å². The van der Waals surface area contributed by atoms with Crippen molar-refractivity contribution in [3.8, 4) is 0 Å². The Labute approximate surface area is 114 Å². The van der Waals surface area contributed by atoms with Gasteiger partial charge in [0, 0.05) is 30.0 Å². The summed E-state index contributed by atoms with van der Waals surface area (Å²) in [5.41, 5.74) is 0.275. The highest BCUT2D eigenvalue weighted by atomic mass is 35.7. The van der Waals surface area contributed by atoms with E-state index in [0.717, 1.165) is 6.20 Å². The van der Waals surface area contributed by atoms with Crippen molar-refractivity contribution in [3.05, 3.63) is 23.2 Å². The van der Waals surface area contributed by atoms with Crippen LogP contribution in [0, 0.1) is 5.82 Å². The van der Waals surface area contributed by atoms with Gasteiger partial charge in [0.25, 0.3) is 0 Å². The summed E-state index contributed by atoms with van der Waals surface area (Å²) < 4.78 is 36.0.